The van der Waals surface area contributed by atoms with Gasteiger partial charge in [-0.2, -0.15) is 0 Å². The number of aldehydes is 1. The SMILES string of the molecule is CCCCCCCCC(C=CC=C[C@@H]1CCCC[C@H]1C=O)OC(C)=O. The molecule has 0 aromatic heterocycles. The van der Waals surface area contributed by atoms with Gasteiger partial charge in [0.05, 0.1) is 0 Å². The molecular weight excluding hydrogens is 312 g/mol. The molecule has 1 saturated carbocycles. The molecule has 3 atom stereocenters. The molecule has 3 nitrogen and oxygen atoms in total. The van der Waals surface area contributed by atoms with E-state index in [4.69, 9.17) is 4.74 Å². The maximum atomic E-state index is 11.3. The fourth-order valence-corrected chi connectivity index (χ4v) is 3.52. The van der Waals surface area contributed by atoms with Gasteiger partial charge in [0.2, 0.25) is 0 Å². The van der Waals surface area contributed by atoms with Crippen LogP contribution in [-0.2, 0) is 14.3 Å². The number of carbonyl (C=O) groups excluding carboxylic acids is 2. The monoisotopic (exact) mass is 348 g/mol. The van der Waals surface area contributed by atoms with E-state index in [0.717, 1.165) is 38.4 Å². The summed E-state index contributed by atoms with van der Waals surface area (Å²) in [5, 5.41) is 0. The predicted molar refractivity (Wildman–Crippen MR) is 103 cm³/mol. The van der Waals surface area contributed by atoms with Crippen LogP contribution in [0.25, 0.3) is 0 Å². The second-order valence-electron chi connectivity index (χ2n) is 7.22. The molecule has 1 aliphatic carbocycles. The highest BCUT2D eigenvalue weighted by Crippen LogP contribution is 2.29. The van der Waals surface area contributed by atoms with Gasteiger partial charge in [-0.25, -0.2) is 0 Å². The zero-order valence-electron chi connectivity index (χ0n) is 16.1. The second-order valence-corrected chi connectivity index (χ2v) is 7.22. The minimum atomic E-state index is -0.224. The van der Waals surface area contributed by atoms with Crippen molar-refractivity contribution in [3.8, 4) is 0 Å². The molecule has 0 aromatic carbocycles. The molecule has 0 radical (unpaired) electrons. The molecule has 0 saturated heterocycles. The number of ether oxygens (including phenoxy) is 1. The Labute approximate surface area is 153 Å². The Kier molecular flexibility index (Phi) is 12.0. The van der Waals surface area contributed by atoms with E-state index in [9.17, 15) is 9.59 Å². The molecule has 1 fully saturated rings. The van der Waals surface area contributed by atoms with Gasteiger partial charge in [0.25, 0.3) is 0 Å². The third-order valence-corrected chi connectivity index (χ3v) is 5.00. The van der Waals surface area contributed by atoms with Crippen LogP contribution in [0.3, 0.4) is 0 Å². The lowest BCUT2D eigenvalue weighted by Crippen LogP contribution is -2.18. The van der Waals surface area contributed by atoms with Crippen molar-refractivity contribution in [2.75, 3.05) is 0 Å². The Hall–Kier alpha value is -1.38. The van der Waals surface area contributed by atoms with E-state index in [1.54, 1.807) is 0 Å². The lowest BCUT2D eigenvalue weighted by Gasteiger charge is -2.24. The highest BCUT2D eigenvalue weighted by Gasteiger charge is 2.21. The van der Waals surface area contributed by atoms with Gasteiger partial charge in [-0.15, -0.1) is 0 Å². The highest BCUT2D eigenvalue weighted by atomic mass is 16.5. The van der Waals surface area contributed by atoms with Crippen LogP contribution in [0.1, 0.15) is 84.5 Å². The van der Waals surface area contributed by atoms with Crippen LogP contribution in [0.5, 0.6) is 0 Å². The van der Waals surface area contributed by atoms with Gasteiger partial charge < -0.3 is 9.53 Å². The second kappa shape index (κ2) is 13.9. The fourth-order valence-electron chi connectivity index (χ4n) is 3.52. The summed E-state index contributed by atoms with van der Waals surface area (Å²) in [6, 6.07) is 0. The van der Waals surface area contributed by atoms with Crippen LogP contribution in [0.2, 0.25) is 0 Å². The summed E-state index contributed by atoms with van der Waals surface area (Å²) in [7, 11) is 0. The number of hydrogen-bond donors (Lipinski definition) is 0. The van der Waals surface area contributed by atoms with E-state index >= 15 is 0 Å². The van der Waals surface area contributed by atoms with Crippen molar-refractivity contribution in [3.63, 3.8) is 0 Å². The summed E-state index contributed by atoms with van der Waals surface area (Å²) < 4.78 is 5.40. The number of rotatable bonds is 12. The van der Waals surface area contributed by atoms with E-state index in [2.05, 4.69) is 13.0 Å². The van der Waals surface area contributed by atoms with Gasteiger partial charge >= 0.3 is 5.97 Å². The van der Waals surface area contributed by atoms with E-state index in [1.807, 2.05) is 18.2 Å². The molecule has 0 amide bonds. The molecule has 25 heavy (non-hydrogen) atoms. The maximum Gasteiger partial charge on any atom is 0.303 e. The zero-order valence-corrected chi connectivity index (χ0v) is 16.1. The van der Waals surface area contributed by atoms with Gasteiger partial charge in [0.15, 0.2) is 0 Å². The summed E-state index contributed by atoms with van der Waals surface area (Å²) in [4.78, 5) is 22.4. The van der Waals surface area contributed by atoms with Crippen LogP contribution < -0.4 is 0 Å². The van der Waals surface area contributed by atoms with Crippen molar-refractivity contribution in [2.24, 2.45) is 11.8 Å². The number of unbranched alkanes of at least 4 members (excludes halogenated alkanes) is 5. The zero-order chi connectivity index (χ0) is 18.3. The molecule has 1 unspecified atom stereocenters. The molecule has 0 bridgehead atoms. The standard InChI is InChI=1S/C22H36O3/c1-3-4-5-6-7-8-16-22(25-19(2)24)17-12-11-14-20-13-9-10-15-21(20)18-23/h11-12,14,17-18,20-22H,3-10,13,15-16H2,1-2H3/t20-,21-,22?/m0/s1. The van der Waals surface area contributed by atoms with E-state index in [1.165, 1.54) is 45.4 Å². The summed E-state index contributed by atoms with van der Waals surface area (Å²) in [6.45, 7) is 3.69. The first-order valence-corrected chi connectivity index (χ1v) is 10.1. The topological polar surface area (TPSA) is 43.4 Å². The Morgan fingerprint density at radius 1 is 1.04 bits per heavy atom. The highest BCUT2D eigenvalue weighted by molar-refractivity contribution is 5.66. The minimum Gasteiger partial charge on any atom is -0.458 e. The van der Waals surface area contributed by atoms with E-state index in [0.29, 0.717) is 5.92 Å². The number of hydrogen-bond acceptors (Lipinski definition) is 3. The van der Waals surface area contributed by atoms with Crippen LogP contribution in [-0.4, -0.2) is 18.4 Å². The molecule has 0 N–H and O–H groups in total. The largest absolute Gasteiger partial charge is 0.458 e. The molecule has 1 rings (SSSR count). The van der Waals surface area contributed by atoms with Crippen LogP contribution in [0.15, 0.2) is 24.3 Å². The number of allylic oxidation sites excluding steroid dienone is 3. The molecule has 0 aromatic rings. The Morgan fingerprint density at radius 3 is 2.40 bits per heavy atom. The van der Waals surface area contributed by atoms with Crippen LogP contribution in [0.4, 0.5) is 0 Å². The van der Waals surface area contributed by atoms with Crippen molar-refractivity contribution >= 4 is 12.3 Å². The predicted octanol–water partition coefficient (Wildman–Crippen LogP) is 5.79. The summed E-state index contributed by atoms with van der Waals surface area (Å²) in [5.74, 6) is 0.311. The van der Waals surface area contributed by atoms with Gasteiger partial charge in [-0.1, -0.05) is 70.1 Å². The van der Waals surface area contributed by atoms with Crippen LogP contribution >= 0.6 is 0 Å². The Bertz CT molecular complexity index is 425. The lowest BCUT2D eigenvalue weighted by molar-refractivity contribution is -0.144. The number of esters is 1. The van der Waals surface area contributed by atoms with Gasteiger partial charge in [-0.05, 0) is 37.7 Å². The molecular formula is C22H36O3. The van der Waals surface area contributed by atoms with E-state index in [-0.39, 0.29) is 18.0 Å². The molecule has 0 aliphatic heterocycles. The smallest absolute Gasteiger partial charge is 0.303 e. The first-order chi connectivity index (χ1) is 12.2. The van der Waals surface area contributed by atoms with Crippen LogP contribution in [0, 0.1) is 11.8 Å². The average Bonchev–Trinajstić information content (AvgIpc) is 2.61. The lowest BCUT2D eigenvalue weighted by atomic mass is 9.80. The Balaban J connectivity index is 2.39. The summed E-state index contributed by atoms with van der Waals surface area (Å²) in [5.41, 5.74) is 0. The number of carbonyl (C=O) groups is 2. The molecule has 0 heterocycles. The molecule has 3 heteroatoms. The van der Waals surface area contributed by atoms with Gasteiger partial charge in [0.1, 0.15) is 12.4 Å². The normalized spacial score (nSPS) is 22.3. The van der Waals surface area contributed by atoms with Crippen molar-refractivity contribution in [2.45, 2.75) is 90.6 Å². The van der Waals surface area contributed by atoms with Crippen molar-refractivity contribution in [1.29, 1.82) is 0 Å². The van der Waals surface area contributed by atoms with Gasteiger partial charge in [-0.3, -0.25) is 4.79 Å². The van der Waals surface area contributed by atoms with Crippen molar-refractivity contribution in [1.82, 2.24) is 0 Å². The summed E-state index contributed by atoms with van der Waals surface area (Å²) >= 11 is 0. The maximum absolute atomic E-state index is 11.3. The first kappa shape index (κ1) is 21.7. The first-order valence-electron chi connectivity index (χ1n) is 10.1. The molecule has 0 spiro atoms. The fraction of sp³-hybridized carbons (Fsp3) is 0.727. The third kappa shape index (κ3) is 10.3. The third-order valence-electron chi connectivity index (χ3n) is 5.00. The minimum absolute atomic E-state index is 0.137. The van der Waals surface area contributed by atoms with E-state index < -0.39 is 0 Å². The van der Waals surface area contributed by atoms with Gasteiger partial charge in [0, 0.05) is 12.8 Å². The van der Waals surface area contributed by atoms with Crippen molar-refractivity contribution in [3.05, 3.63) is 24.3 Å². The molecule has 1 aliphatic rings. The summed E-state index contributed by atoms with van der Waals surface area (Å²) in [6.07, 6.45) is 21.9. The van der Waals surface area contributed by atoms with Crippen molar-refractivity contribution < 1.29 is 14.3 Å². The average molecular weight is 349 g/mol. The Morgan fingerprint density at radius 2 is 1.72 bits per heavy atom. The quantitative estimate of drug-likeness (QED) is 0.194. The molecule has 142 valence electrons.